The van der Waals surface area contributed by atoms with E-state index in [2.05, 4.69) is 72.8 Å². The quantitative estimate of drug-likeness (QED) is 0.215. The van der Waals surface area contributed by atoms with E-state index in [0.717, 1.165) is 32.7 Å². The Morgan fingerprint density at radius 1 is 0.488 bits per heavy atom. The van der Waals surface area contributed by atoms with Crippen LogP contribution < -0.4 is 0 Å². The summed E-state index contributed by atoms with van der Waals surface area (Å²) in [4.78, 5) is 24.8. The lowest BCUT2D eigenvalue weighted by molar-refractivity contribution is 0.0592. The second-order valence-electron chi connectivity index (χ2n) is 10.3. The van der Waals surface area contributed by atoms with Gasteiger partial charge < -0.3 is 9.47 Å². The maximum absolute atomic E-state index is 12.4. The van der Waals surface area contributed by atoms with Crippen LogP contribution in [0.3, 0.4) is 0 Å². The molecule has 4 nitrogen and oxygen atoms in total. The van der Waals surface area contributed by atoms with Gasteiger partial charge in [0, 0.05) is 0 Å². The van der Waals surface area contributed by atoms with Crippen molar-refractivity contribution >= 4 is 33.5 Å². The number of methoxy groups -OCH3 is 2. The maximum Gasteiger partial charge on any atom is 0.337 e. The van der Waals surface area contributed by atoms with Crippen molar-refractivity contribution in [2.24, 2.45) is 0 Å². The second kappa shape index (κ2) is 9.46. The van der Waals surface area contributed by atoms with Crippen LogP contribution in [0.4, 0.5) is 0 Å². The molecule has 0 aliphatic heterocycles. The minimum atomic E-state index is -0.661. The van der Waals surface area contributed by atoms with Gasteiger partial charge in [-0.05, 0) is 79.2 Å². The molecule has 0 saturated heterocycles. The molecule has 0 atom stereocenters. The van der Waals surface area contributed by atoms with Crippen LogP contribution in [0.5, 0.6) is 0 Å². The Bertz CT molecular complexity index is 1870. The van der Waals surface area contributed by atoms with E-state index < -0.39 is 5.41 Å². The van der Waals surface area contributed by atoms with Crippen molar-refractivity contribution in [3.05, 3.63) is 155 Å². The van der Waals surface area contributed by atoms with Gasteiger partial charge in [0.25, 0.3) is 0 Å². The van der Waals surface area contributed by atoms with E-state index in [-0.39, 0.29) is 11.9 Å². The lowest BCUT2D eigenvalue weighted by Gasteiger charge is -2.36. The molecule has 1 aliphatic rings. The molecule has 0 radical (unpaired) electrons. The summed E-state index contributed by atoms with van der Waals surface area (Å²) >= 11 is 0. The Morgan fingerprint density at radius 3 is 1.34 bits per heavy atom. The highest BCUT2D eigenvalue weighted by Gasteiger charge is 2.47. The van der Waals surface area contributed by atoms with Crippen LogP contribution in [0.1, 0.15) is 43.0 Å². The van der Waals surface area contributed by atoms with E-state index in [0.29, 0.717) is 11.1 Å². The molecule has 0 amide bonds. The summed E-state index contributed by atoms with van der Waals surface area (Å²) in [5, 5.41) is 4.02. The predicted molar refractivity (Wildman–Crippen MR) is 161 cm³/mol. The molecular formula is C37H26O4. The number of hydrogen-bond acceptors (Lipinski definition) is 4. The number of esters is 2. The van der Waals surface area contributed by atoms with Crippen molar-refractivity contribution in [2.45, 2.75) is 5.41 Å². The first kappa shape index (κ1) is 24.8. The highest BCUT2D eigenvalue weighted by molar-refractivity contribution is 6.02. The Balaban J connectivity index is 1.64. The van der Waals surface area contributed by atoms with Crippen LogP contribution in [0.25, 0.3) is 32.7 Å². The average Bonchev–Trinajstić information content (AvgIpc) is 3.33. The molecule has 198 valence electrons. The molecule has 6 aromatic carbocycles. The Morgan fingerprint density at radius 2 is 0.902 bits per heavy atom. The summed E-state index contributed by atoms with van der Waals surface area (Å²) in [5.41, 5.74) is 7.36. The van der Waals surface area contributed by atoms with Crippen molar-refractivity contribution < 1.29 is 19.1 Å². The third-order valence-electron chi connectivity index (χ3n) is 8.36. The van der Waals surface area contributed by atoms with Crippen LogP contribution in [0.15, 0.2) is 121 Å². The van der Waals surface area contributed by atoms with Gasteiger partial charge in [-0.3, -0.25) is 0 Å². The van der Waals surface area contributed by atoms with Crippen LogP contribution in [0.2, 0.25) is 0 Å². The van der Waals surface area contributed by atoms with Gasteiger partial charge in [-0.2, -0.15) is 0 Å². The molecule has 7 rings (SSSR count). The SMILES string of the molecule is COC(=O)c1ccc2c(C3(c4cccc5cc(C(=O)OC)ccc45)c4ccccc4-c4ccccc43)cccc2c1. The molecule has 0 heterocycles. The molecule has 4 heteroatoms. The Kier molecular flexibility index (Phi) is 5.72. The minimum Gasteiger partial charge on any atom is -0.465 e. The number of fused-ring (bicyclic) bond motifs is 5. The number of carbonyl (C=O) groups excluding carboxylic acids is 2. The molecule has 0 N–H and O–H groups in total. The molecule has 0 fully saturated rings. The summed E-state index contributed by atoms with van der Waals surface area (Å²) in [6, 6.07) is 41.3. The fourth-order valence-electron chi connectivity index (χ4n) is 6.67. The van der Waals surface area contributed by atoms with Crippen LogP contribution >= 0.6 is 0 Å². The van der Waals surface area contributed by atoms with Crippen molar-refractivity contribution in [1.29, 1.82) is 0 Å². The smallest absolute Gasteiger partial charge is 0.337 e. The normalized spacial score (nSPS) is 13.0. The summed E-state index contributed by atoms with van der Waals surface area (Å²) in [6.45, 7) is 0. The molecule has 41 heavy (non-hydrogen) atoms. The maximum atomic E-state index is 12.4. The zero-order chi connectivity index (χ0) is 28.1. The molecule has 0 aromatic heterocycles. The zero-order valence-electron chi connectivity index (χ0n) is 22.7. The Hall–Kier alpha value is -5.22. The summed E-state index contributed by atoms with van der Waals surface area (Å²) in [6.07, 6.45) is 0. The van der Waals surface area contributed by atoms with E-state index in [1.54, 1.807) is 0 Å². The van der Waals surface area contributed by atoms with Crippen molar-refractivity contribution in [2.75, 3.05) is 14.2 Å². The fraction of sp³-hybridized carbons (Fsp3) is 0.0811. The number of rotatable bonds is 4. The first-order valence-corrected chi connectivity index (χ1v) is 13.5. The highest BCUT2D eigenvalue weighted by Crippen LogP contribution is 2.58. The Labute approximate surface area is 237 Å². The highest BCUT2D eigenvalue weighted by atomic mass is 16.5. The van der Waals surface area contributed by atoms with Crippen LogP contribution in [0, 0.1) is 0 Å². The monoisotopic (exact) mass is 534 g/mol. The summed E-state index contributed by atoms with van der Waals surface area (Å²) in [7, 11) is 2.80. The molecule has 0 unspecified atom stereocenters. The molecule has 0 bridgehead atoms. The van der Waals surface area contributed by atoms with E-state index in [1.165, 1.54) is 36.5 Å². The van der Waals surface area contributed by atoms with Gasteiger partial charge in [-0.15, -0.1) is 0 Å². The predicted octanol–water partition coefficient (Wildman–Crippen LogP) is 7.93. The van der Waals surface area contributed by atoms with Gasteiger partial charge in [0.05, 0.1) is 30.8 Å². The lowest BCUT2D eigenvalue weighted by Crippen LogP contribution is -2.29. The molecule has 1 aliphatic carbocycles. The number of hydrogen-bond donors (Lipinski definition) is 0. The van der Waals surface area contributed by atoms with E-state index in [4.69, 9.17) is 9.47 Å². The van der Waals surface area contributed by atoms with Gasteiger partial charge >= 0.3 is 11.9 Å². The van der Waals surface area contributed by atoms with Crippen molar-refractivity contribution in [1.82, 2.24) is 0 Å². The molecule has 0 spiro atoms. The number of benzene rings is 6. The van der Waals surface area contributed by atoms with Gasteiger partial charge in [0.15, 0.2) is 0 Å². The van der Waals surface area contributed by atoms with Crippen LogP contribution in [-0.4, -0.2) is 26.2 Å². The van der Waals surface area contributed by atoms with E-state index in [1.807, 2.05) is 48.5 Å². The first-order chi connectivity index (χ1) is 20.1. The molecular weight excluding hydrogens is 508 g/mol. The van der Waals surface area contributed by atoms with Crippen molar-refractivity contribution in [3.63, 3.8) is 0 Å². The van der Waals surface area contributed by atoms with Gasteiger partial charge in [-0.25, -0.2) is 9.59 Å². The van der Waals surface area contributed by atoms with E-state index >= 15 is 0 Å². The topological polar surface area (TPSA) is 52.6 Å². The van der Waals surface area contributed by atoms with Gasteiger partial charge in [0.2, 0.25) is 0 Å². The number of ether oxygens (including phenoxy) is 2. The van der Waals surface area contributed by atoms with Crippen LogP contribution in [-0.2, 0) is 14.9 Å². The van der Waals surface area contributed by atoms with E-state index in [9.17, 15) is 9.59 Å². The minimum absolute atomic E-state index is 0.362. The van der Waals surface area contributed by atoms with Crippen molar-refractivity contribution in [3.8, 4) is 11.1 Å². The molecule has 6 aromatic rings. The zero-order valence-corrected chi connectivity index (χ0v) is 22.7. The van der Waals surface area contributed by atoms with Gasteiger partial charge in [0.1, 0.15) is 0 Å². The second-order valence-corrected chi connectivity index (χ2v) is 10.3. The standard InChI is InChI=1S/C37H26O4/c1-40-35(38)25-17-19-27-23(21-25)9-7-15-31(27)37(33-13-5-3-11-29(33)30-12-4-6-14-34(30)37)32-16-8-10-24-22-26(36(39)41-2)18-20-28(24)32/h3-22H,1-2H3. The number of carbonyl (C=O) groups is 2. The first-order valence-electron chi connectivity index (χ1n) is 13.5. The van der Waals surface area contributed by atoms with Gasteiger partial charge in [-0.1, -0.05) is 97.1 Å². The third kappa shape index (κ3) is 3.54. The fourth-order valence-corrected chi connectivity index (χ4v) is 6.67. The lowest BCUT2D eigenvalue weighted by atomic mass is 9.65. The summed E-state index contributed by atoms with van der Waals surface area (Å²) < 4.78 is 10.0. The summed E-state index contributed by atoms with van der Waals surface area (Å²) in [5.74, 6) is -0.724. The average molecular weight is 535 g/mol. The largest absolute Gasteiger partial charge is 0.465 e. The third-order valence-corrected chi connectivity index (χ3v) is 8.36. The molecule has 0 saturated carbocycles.